The van der Waals surface area contributed by atoms with Crippen molar-refractivity contribution < 1.29 is 15.0 Å². The molecule has 1 aliphatic heterocycles. The van der Waals surface area contributed by atoms with Crippen molar-refractivity contribution in [2.45, 2.75) is 18.8 Å². The van der Waals surface area contributed by atoms with Gasteiger partial charge in [-0.1, -0.05) is 12.1 Å². The summed E-state index contributed by atoms with van der Waals surface area (Å²) in [7, 11) is 1.92. The molecule has 0 spiro atoms. The highest BCUT2D eigenvalue weighted by Crippen LogP contribution is 2.42. The van der Waals surface area contributed by atoms with E-state index in [-0.39, 0.29) is 18.1 Å². The number of likely N-dealkylation sites (N-methyl/N-ethyl adjacent to an activating group) is 1. The lowest BCUT2D eigenvalue weighted by atomic mass is 9.96. The molecule has 4 nitrogen and oxygen atoms in total. The monoisotopic (exact) mass is 221 g/mol. The maximum absolute atomic E-state index is 10.6. The van der Waals surface area contributed by atoms with E-state index in [1.807, 2.05) is 18.0 Å². The van der Waals surface area contributed by atoms with Gasteiger partial charge in [-0.2, -0.15) is 0 Å². The van der Waals surface area contributed by atoms with Crippen LogP contribution >= 0.6 is 0 Å². The molecule has 0 bridgehead atoms. The van der Waals surface area contributed by atoms with Crippen LogP contribution in [0.25, 0.3) is 0 Å². The lowest BCUT2D eigenvalue weighted by Crippen LogP contribution is -2.15. The molecule has 86 valence electrons. The summed E-state index contributed by atoms with van der Waals surface area (Å²) < 4.78 is 0. The Balaban J connectivity index is 2.22. The third-order valence-electron chi connectivity index (χ3n) is 3.07. The minimum atomic E-state index is -0.767. The average Bonchev–Trinajstić information content (AvgIpc) is 2.54. The number of nitrogens with zero attached hydrogens (tertiary/aromatic N) is 1. The molecule has 0 saturated heterocycles. The van der Waals surface area contributed by atoms with Crippen molar-refractivity contribution in [2.75, 3.05) is 18.5 Å². The molecule has 0 aliphatic carbocycles. The number of para-hydroxylation sites is 1. The summed E-state index contributed by atoms with van der Waals surface area (Å²) in [6.07, 6.45) is 0.795. The first-order valence-electron chi connectivity index (χ1n) is 5.34. The number of phenols is 1. The van der Waals surface area contributed by atoms with Gasteiger partial charge < -0.3 is 15.1 Å². The fourth-order valence-electron chi connectivity index (χ4n) is 2.36. The van der Waals surface area contributed by atoms with Crippen molar-refractivity contribution in [1.29, 1.82) is 0 Å². The number of anilines is 1. The molecular weight excluding hydrogens is 206 g/mol. The molecule has 2 rings (SSSR count). The van der Waals surface area contributed by atoms with Gasteiger partial charge in [0.2, 0.25) is 0 Å². The standard InChI is InChI=1S/C12H15NO3/c1-13-7-8(5-6-11(15)16)9-3-2-4-10(14)12(9)13/h2-4,8,14H,5-7H2,1H3,(H,15,16). The summed E-state index contributed by atoms with van der Waals surface area (Å²) in [5.41, 5.74) is 1.90. The molecule has 1 unspecified atom stereocenters. The number of aromatic hydroxyl groups is 1. The number of phenolic OH excluding ortho intramolecular Hbond substituents is 1. The first-order chi connectivity index (χ1) is 7.59. The van der Waals surface area contributed by atoms with Crippen LogP contribution in [-0.2, 0) is 4.79 Å². The lowest BCUT2D eigenvalue weighted by molar-refractivity contribution is -0.137. The quantitative estimate of drug-likeness (QED) is 0.817. The van der Waals surface area contributed by atoms with Gasteiger partial charge in [-0.25, -0.2) is 0 Å². The van der Waals surface area contributed by atoms with E-state index in [0.29, 0.717) is 6.42 Å². The van der Waals surface area contributed by atoms with Crippen molar-refractivity contribution in [3.63, 3.8) is 0 Å². The highest BCUT2D eigenvalue weighted by molar-refractivity contribution is 5.69. The minimum Gasteiger partial charge on any atom is -0.506 e. The Morgan fingerprint density at radius 2 is 2.31 bits per heavy atom. The summed E-state index contributed by atoms with van der Waals surface area (Å²) in [5.74, 6) is -0.280. The van der Waals surface area contributed by atoms with E-state index in [4.69, 9.17) is 5.11 Å². The average molecular weight is 221 g/mol. The summed E-state index contributed by atoms with van der Waals surface area (Å²) in [6, 6.07) is 5.43. The molecular formula is C12H15NO3. The Hall–Kier alpha value is -1.71. The second-order valence-corrected chi connectivity index (χ2v) is 4.22. The van der Waals surface area contributed by atoms with E-state index < -0.39 is 5.97 Å². The molecule has 2 N–H and O–H groups in total. The van der Waals surface area contributed by atoms with Crippen LogP contribution in [0.2, 0.25) is 0 Å². The normalized spacial score (nSPS) is 18.6. The Morgan fingerprint density at radius 3 is 3.00 bits per heavy atom. The Bertz CT molecular complexity index is 417. The smallest absolute Gasteiger partial charge is 0.303 e. The van der Waals surface area contributed by atoms with E-state index >= 15 is 0 Å². The third kappa shape index (κ3) is 1.83. The predicted molar refractivity (Wildman–Crippen MR) is 61.0 cm³/mol. The van der Waals surface area contributed by atoms with Gasteiger partial charge in [-0.15, -0.1) is 0 Å². The van der Waals surface area contributed by atoms with Crippen molar-refractivity contribution in [2.24, 2.45) is 0 Å². The zero-order valence-electron chi connectivity index (χ0n) is 9.18. The third-order valence-corrected chi connectivity index (χ3v) is 3.07. The summed E-state index contributed by atoms with van der Waals surface area (Å²) in [4.78, 5) is 12.5. The van der Waals surface area contributed by atoms with Crippen molar-refractivity contribution in [3.05, 3.63) is 23.8 Å². The summed E-state index contributed by atoms with van der Waals surface area (Å²) in [6.45, 7) is 0.778. The fraction of sp³-hybridized carbons (Fsp3) is 0.417. The lowest BCUT2D eigenvalue weighted by Gasteiger charge is -2.13. The number of hydrogen-bond donors (Lipinski definition) is 2. The summed E-state index contributed by atoms with van der Waals surface area (Å²) >= 11 is 0. The highest BCUT2D eigenvalue weighted by atomic mass is 16.4. The van der Waals surface area contributed by atoms with Gasteiger partial charge in [0.1, 0.15) is 5.75 Å². The maximum Gasteiger partial charge on any atom is 0.303 e. The Morgan fingerprint density at radius 1 is 1.56 bits per heavy atom. The van der Waals surface area contributed by atoms with Gasteiger partial charge in [0.15, 0.2) is 0 Å². The van der Waals surface area contributed by atoms with Crippen LogP contribution in [0.5, 0.6) is 5.75 Å². The second kappa shape index (κ2) is 4.04. The van der Waals surface area contributed by atoms with Crippen LogP contribution < -0.4 is 4.90 Å². The number of aliphatic carboxylic acids is 1. The SMILES string of the molecule is CN1CC(CCC(=O)O)c2cccc(O)c21. The van der Waals surface area contributed by atoms with Crippen LogP contribution in [0.1, 0.15) is 24.3 Å². The molecule has 1 atom stereocenters. The molecule has 1 heterocycles. The van der Waals surface area contributed by atoms with Crippen LogP contribution in [0.15, 0.2) is 18.2 Å². The van der Waals surface area contributed by atoms with Crippen LogP contribution in [0.3, 0.4) is 0 Å². The fourth-order valence-corrected chi connectivity index (χ4v) is 2.36. The molecule has 1 aliphatic rings. The zero-order chi connectivity index (χ0) is 11.7. The minimum absolute atomic E-state index is 0.174. The molecule has 0 aromatic heterocycles. The number of carboxylic acid groups (broad SMARTS) is 1. The zero-order valence-corrected chi connectivity index (χ0v) is 9.18. The maximum atomic E-state index is 10.6. The van der Waals surface area contributed by atoms with Crippen LogP contribution in [0, 0.1) is 0 Å². The first-order valence-corrected chi connectivity index (χ1v) is 5.34. The first kappa shape index (κ1) is 10.8. The molecule has 0 saturated carbocycles. The van der Waals surface area contributed by atoms with Gasteiger partial charge in [0.05, 0.1) is 5.69 Å². The van der Waals surface area contributed by atoms with Gasteiger partial charge in [0, 0.05) is 25.9 Å². The number of carbonyl (C=O) groups is 1. The van der Waals surface area contributed by atoms with E-state index in [9.17, 15) is 9.90 Å². The Labute approximate surface area is 94.1 Å². The van der Waals surface area contributed by atoms with Crippen LogP contribution in [-0.4, -0.2) is 29.8 Å². The molecule has 1 aromatic rings. The molecule has 4 heteroatoms. The molecule has 0 fully saturated rings. The molecule has 16 heavy (non-hydrogen) atoms. The number of benzene rings is 1. The molecule has 1 aromatic carbocycles. The van der Waals surface area contributed by atoms with Crippen molar-refractivity contribution >= 4 is 11.7 Å². The van der Waals surface area contributed by atoms with Gasteiger partial charge in [0.25, 0.3) is 0 Å². The van der Waals surface area contributed by atoms with Gasteiger partial charge in [-0.3, -0.25) is 4.79 Å². The Kier molecular flexibility index (Phi) is 2.73. The summed E-state index contributed by atoms with van der Waals surface area (Å²) in [5, 5.41) is 18.4. The van der Waals surface area contributed by atoms with E-state index in [0.717, 1.165) is 17.8 Å². The van der Waals surface area contributed by atoms with Gasteiger partial charge >= 0.3 is 5.97 Å². The van der Waals surface area contributed by atoms with Crippen molar-refractivity contribution in [3.8, 4) is 5.75 Å². The number of fused-ring (bicyclic) bond motifs is 1. The number of hydrogen-bond acceptors (Lipinski definition) is 3. The molecule has 0 radical (unpaired) electrons. The van der Waals surface area contributed by atoms with Crippen LogP contribution in [0.4, 0.5) is 5.69 Å². The largest absolute Gasteiger partial charge is 0.506 e. The van der Waals surface area contributed by atoms with E-state index in [1.165, 1.54) is 0 Å². The van der Waals surface area contributed by atoms with E-state index in [2.05, 4.69) is 0 Å². The van der Waals surface area contributed by atoms with Gasteiger partial charge in [-0.05, 0) is 18.1 Å². The van der Waals surface area contributed by atoms with Crippen molar-refractivity contribution in [1.82, 2.24) is 0 Å². The molecule has 0 amide bonds. The predicted octanol–water partition coefficient (Wildman–Crippen LogP) is 1.79. The van der Waals surface area contributed by atoms with E-state index in [1.54, 1.807) is 12.1 Å². The highest BCUT2D eigenvalue weighted by Gasteiger charge is 2.28. The second-order valence-electron chi connectivity index (χ2n) is 4.22. The number of rotatable bonds is 3. The number of carboxylic acids is 1. The topological polar surface area (TPSA) is 60.8 Å².